The minimum absolute atomic E-state index is 0.380. The molecule has 1 atom stereocenters. The van der Waals surface area contributed by atoms with E-state index >= 15 is 0 Å². The predicted molar refractivity (Wildman–Crippen MR) is 40.8 cm³/mol. The minimum Gasteiger partial charge on any atom is -0.393 e. The highest BCUT2D eigenvalue weighted by Gasteiger charge is 2.07. The summed E-state index contributed by atoms with van der Waals surface area (Å²) >= 11 is 4.77. The van der Waals surface area contributed by atoms with Crippen molar-refractivity contribution in [1.82, 2.24) is 0 Å². The van der Waals surface area contributed by atoms with Crippen LogP contribution in [0.3, 0.4) is 0 Å². The van der Waals surface area contributed by atoms with Crippen LogP contribution in [0.4, 0.5) is 0 Å². The van der Waals surface area contributed by atoms with Crippen molar-refractivity contribution < 1.29 is 0 Å². The largest absolute Gasteiger partial charge is 0.393 e. The lowest BCUT2D eigenvalue weighted by atomic mass is 9.99. The maximum Gasteiger partial charge on any atom is 0.0758 e. The average Bonchev–Trinajstić information content (AvgIpc) is 1.64. The molecule has 48 valence electrons. The molecule has 0 aliphatic carbocycles. The summed E-state index contributed by atoms with van der Waals surface area (Å²) in [5, 5.41) is 0. The van der Waals surface area contributed by atoms with Crippen molar-refractivity contribution in [2.75, 3.05) is 0 Å². The van der Waals surface area contributed by atoms with Crippen LogP contribution in [-0.2, 0) is 0 Å². The molecule has 0 saturated carbocycles. The summed E-state index contributed by atoms with van der Waals surface area (Å²) < 4.78 is 0. The van der Waals surface area contributed by atoms with Gasteiger partial charge in [0, 0.05) is 5.92 Å². The molecule has 8 heavy (non-hydrogen) atoms. The fourth-order valence-electron chi connectivity index (χ4n) is 0.329. The molecule has 0 aromatic carbocycles. The van der Waals surface area contributed by atoms with Gasteiger partial charge >= 0.3 is 0 Å². The van der Waals surface area contributed by atoms with Crippen molar-refractivity contribution in [3.8, 4) is 0 Å². The first-order valence-corrected chi connectivity index (χ1v) is 3.26. The highest BCUT2D eigenvalue weighted by Crippen LogP contribution is 2.08. The molecular weight excluding hydrogens is 118 g/mol. The Morgan fingerprint density at radius 2 is 1.75 bits per heavy atom. The Balaban J connectivity index is 3.64. The molecule has 0 aromatic rings. The number of hydrogen-bond donors (Lipinski definition) is 1. The smallest absolute Gasteiger partial charge is 0.0758 e. The van der Waals surface area contributed by atoms with Crippen molar-refractivity contribution >= 4 is 17.2 Å². The Kier molecular flexibility index (Phi) is 2.98. The predicted octanol–water partition coefficient (Wildman–Crippen LogP) is 1.56. The molecule has 0 unspecified atom stereocenters. The van der Waals surface area contributed by atoms with Crippen LogP contribution in [0.1, 0.15) is 20.8 Å². The van der Waals surface area contributed by atoms with Gasteiger partial charge in [-0.3, -0.25) is 0 Å². The monoisotopic (exact) mass is 131 g/mol. The van der Waals surface area contributed by atoms with Crippen LogP contribution in [0.5, 0.6) is 0 Å². The first-order chi connectivity index (χ1) is 3.55. The minimum atomic E-state index is 0.380. The molecule has 0 fully saturated rings. The molecule has 0 spiro atoms. The second-order valence-corrected chi connectivity index (χ2v) is 2.91. The van der Waals surface area contributed by atoms with E-state index in [9.17, 15) is 0 Å². The topological polar surface area (TPSA) is 26.0 Å². The molecule has 2 N–H and O–H groups in total. The molecule has 0 aliphatic rings. The molecule has 1 nitrogen and oxygen atoms in total. The second kappa shape index (κ2) is 3.02. The van der Waals surface area contributed by atoms with Crippen molar-refractivity contribution in [3.63, 3.8) is 0 Å². The van der Waals surface area contributed by atoms with Crippen LogP contribution in [0.2, 0.25) is 0 Å². The summed E-state index contributed by atoms with van der Waals surface area (Å²) in [6.45, 7) is 6.28. The van der Waals surface area contributed by atoms with Crippen LogP contribution in [0.25, 0.3) is 0 Å². The maximum absolute atomic E-state index is 5.37. The third kappa shape index (κ3) is 2.26. The van der Waals surface area contributed by atoms with Crippen LogP contribution in [-0.4, -0.2) is 4.99 Å². The molecule has 0 bridgehead atoms. The molecule has 0 aliphatic heterocycles. The maximum atomic E-state index is 5.37. The quantitative estimate of drug-likeness (QED) is 0.576. The Bertz CT molecular complexity index is 88.5. The van der Waals surface area contributed by atoms with Crippen LogP contribution in [0.15, 0.2) is 0 Å². The summed E-state index contributed by atoms with van der Waals surface area (Å²) in [7, 11) is 0. The first kappa shape index (κ1) is 7.89. The molecule has 0 radical (unpaired) electrons. The van der Waals surface area contributed by atoms with Gasteiger partial charge in [-0.15, -0.1) is 0 Å². The Morgan fingerprint density at radius 3 is 1.75 bits per heavy atom. The van der Waals surface area contributed by atoms with Crippen molar-refractivity contribution in [1.29, 1.82) is 0 Å². The highest BCUT2D eigenvalue weighted by molar-refractivity contribution is 7.80. The molecule has 2 heteroatoms. The van der Waals surface area contributed by atoms with Gasteiger partial charge in [0.2, 0.25) is 0 Å². The van der Waals surface area contributed by atoms with Gasteiger partial charge in [0.1, 0.15) is 0 Å². The van der Waals surface area contributed by atoms with Gasteiger partial charge in [0.05, 0.1) is 4.99 Å². The summed E-state index contributed by atoms with van der Waals surface area (Å²) in [4.78, 5) is 0.625. The SMILES string of the molecule is CC(C)[C@H](C)C(N)=S. The zero-order valence-electron chi connectivity index (χ0n) is 5.64. The lowest BCUT2D eigenvalue weighted by molar-refractivity contribution is 0.534. The fraction of sp³-hybridized carbons (Fsp3) is 0.833. The van der Waals surface area contributed by atoms with Gasteiger partial charge in [-0.05, 0) is 5.92 Å². The Hall–Kier alpha value is -0.110. The van der Waals surface area contributed by atoms with Gasteiger partial charge in [-0.2, -0.15) is 0 Å². The lowest BCUT2D eigenvalue weighted by Crippen LogP contribution is -2.22. The summed E-state index contributed by atoms with van der Waals surface area (Å²) in [6.07, 6.45) is 0. The summed E-state index contributed by atoms with van der Waals surface area (Å²) in [5.74, 6) is 0.956. The molecular formula is C6H13NS. The average molecular weight is 131 g/mol. The summed E-state index contributed by atoms with van der Waals surface area (Å²) in [5.41, 5.74) is 5.37. The fourth-order valence-corrected chi connectivity index (χ4v) is 0.601. The zero-order valence-corrected chi connectivity index (χ0v) is 6.46. The van der Waals surface area contributed by atoms with E-state index in [0.29, 0.717) is 16.8 Å². The third-order valence-electron chi connectivity index (χ3n) is 1.45. The van der Waals surface area contributed by atoms with Gasteiger partial charge in [0.25, 0.3) is 0 Å². The van der Waals surface area contributed by atoms with Crippen molar-refractivity contribution in [2.24, 2.45) is 17.6 Å². The van der Waals surface area contributed by atoms with E-state index in [1.807, 2.05) is 6.92 Å². The lowest BCUT2D eigenvalue weighted by Gasteiger charge is -2.11. The number of hydrogen-bond acceptors (Lipinski definition) is 1. The van der Waals surface area contributed by atoms with Gasteiger partial charge in [-0.1, -0.05) is 33.0 Å². The van der Waals surface area contributed by atoms with Gasteiger partial charge in [-0.25, -0.2) is 0 Å². The summed E-state index contributed by atoms with van der Waals surface area (Å²) in [6, 6.07) is 0. The third-order valence-corrected chi connectivity index (χ3v) is 1.82. The van der Waals surface area contributed by atoms with E-state index in [2.05, 4.69) is 13.8 Å². The number of rotatable bonds is 2. The van der Waals surface area contributed by atoms with E-state index in [1.54, 1.807) is 0 Å². The Labute approximate surface area is 56.3 Å². The van der Waals surface area contributed by atoms with E-state index in [4.69, 9.17) is 18.0 Å². The van der Waals surface area contributed by atoms with E-state index < -0.39 is 0 Å². The van der Waals surface area contributed by atoms with Crippen molar-refractivity contribution in [2.45, 2.75) is 20.8 Å². The van der Waals surface area contributed by atoms with Crippen molar-refractivity contribution in [3.05, 3.63) is 0 Å². The van der Waals surface area contributed by atoms with Crippen LogP contribution in [0, 0.1) is 11.8 Å². The molecule has 0 heterocycles. The van der Waals surface area contributed by atoms with Crippen LogP contribution >= 0.6 is 12.2 Å². The highest BCUT2D eigenvalue weighted by atomic mass is 32.1. The molecule has 0 aromatic heterocycles. The second-order valence-electron chi connectivity index (χ2n) is 2.44. The molecule has 0 saturated heterocycles. The van der Waals surface area contributed by atoms with Gasteiger partial charge < -0.3 is 5.73 Å². The zero-order chi connectivity index (χ0) is 6.73. The van der Waals surface area contributed by atoms with E-state index in [0.717, 1.165) is 0 Å². The van der Waals surface area contributed by atoms with E-state index in [1.165, 1.54) is 0 Å². The van der Waals surface area contributed by atoms with E-state index in [-0.39, 0.29) is 0 Å². The molecule has 0 amide bonds. The van der Waals surface area contributed by atoms with Gasteiger partial charge in [0.15, 0.2) is 0 Å². The van der Waals surface area contributed by atoms with Crippen LogP contribution < -0.4 is 5.73 Å². The first-order valence-electron chi connectivity index (χ1n) is 2.85. The standard InChI is InChI=1S/C6H13NS/c1-4(2)5(3)6(7)8/h4-5H,1-3H3,(H2,7,8)/t5-/m0/s1. The normalized spacial score (nSPS) is 14.0. The molecule has 0 rings (SSSR count). The Morgan fingerprint density at radius 1 is 1.38 bits per heavy atom. The number of thiocarbonyl (C=S) groups is 1. The number of nitrogens with two attached hydrogens (primary N) is 1.